The number of amides is 6. The number of alkyl halides is 3. The van der Waals surface area contributed by atoms with Crippen LogP contribution in [0.25, 0.3) is 11.1 Å². The Kier molecular flexibility index (Phi) is 14.9. The van der Waals surface area contributed by atoms with Crippen LogP contribution in [0.1, 0.15) is 74.3 Å². The van der Waals surface area contributed by atoms with E-state index in [9.17, 15) is 46.7 Å². The van der Waals surface area contributed by atoms with Gasteiger partial charge in [-0.05, 0) is 73.3 Å². The van der Waals surface area contributed by atoms with Gasteiger partial charge >= 0.3 is 6.18 Å². The minimum Gasteiger partial charge on any atom is -0.384 e. The fourth-order valence-corrected chi connectivity index (χ4v) is 9.24. The lowest BCUT2D eigenvalue weighted by atomic mass is 10.0. The summed E-state index contributed by atoms with van der Waals surface area (Å²) >= 11 is 0. The van der Waals surface area contributed by atoms with Crippen molar-refractivity contribution in [3.63, 3.8) is 0 Å². The molecule has 69 heavy (non-hydrogen) atoms. The van der Waals surface area contributed by atoms with Crippen LogP contribution in [0.5, 0.6) is 0 Å². The highest BCUT2D eigenvalue weighted by Crippen LogP contribution is 2.36. The number of nitrogens with one attached hydrogen (secondary N) is 5. The van der Waals surface area contributed by atoms with Gasteiger partial charge in [0.1, 0.15) is 6.04 Å². The summed E-state index contributed by atoms with van der Waals surface area (Å²) in [4.78, 5) is 101. The van der Waals surface area contributed by atoms with E-state index < -0.39 is 58.4 Å². The Balaban J connectivity index is 0.783. The molecule has 3 aromatic carbocycles. The molecule has 0 bridgehead atoms. The first-order valence-electron chi connectivity index (χ1n) is 23.2. The normalized spacial score (nSPS) is 18.3. The number of carbonyl (C=O) groups is 6. The topological polar surface area (TPSA) is 200 Å². The molecule has 3 saturated heterocycles. The van der Waals surface area contributed by atoms with E-state index in [4.69, 9.17) is 0 Å². The van der Waals surface area contributed by atoms with E-state index in [-0.39, 0.29) is 29.9 Å². The molecule has 364 valence electrons. The third-order valence-corrected chi connectivity index (χ3v) is 13.1. The number of pyridine rings is 1. The lowest BCUT2D eigenvalue weighted by molar-refractivity contribution is -0.138. The van der Waals surface area contributed by atoms with Crippen LogP contribution < -0.4 is 31.7 Å². The standard InChI is InChI=1S/C49H55F3N10O7/c1-58-18-24-61(25-19-58)39-12-11-33(27-38(39)56-45(66)35-29-55-43(65)28-36(35)49(50,51)52)32-7-4-6-31(26-32)30-60-22-20-59(21-23-60)17-16-54-41(63)10-2-3-15-53-37-9-5-8-34-44(37)48(69)62(47(34)68)40-13-14-42(64)57-46(40)67/h4-9,11-12,26-29,40,53H,2-3,10,13-25,30H2,1H3,(H,54,63)(H,55,65)(H,56,66)(H,57,64,67). The minimum absolute atomic E-state index is 0.0417. The number of H-pyrrole nitrogens is 1. The molecule has 4 aromatic rings. The van der Waals surface area contributed by atoms with Crippen molar-refractivity contribution in [1.82, 2.24) is 35.2 Å². The molecule has 4 aliphatic heterocycles. The molecule has 0 aliphatic carbocycles. The summed E-state index contributed by atoms with van der Waals surface area (Å²) in [6.45, 7) is 8.56. The van der Waals surface area contributed by atoms with E-state index in [1.54, 1.807) is 24.3 Å². The summed E-state index contributed by atoms with van der Waals surface area (Å²) < 4.78 is 41.7. The summed E-state index contributed by atoms with van der Waals surface area (Å²) in [7, 11) is 2.01. The number of imide groups is 2. The smallest absolute Gasteiger partial charge is 0.384 e. The number of anilines is 3. The highest BCUT2D eigenvalue weighted by molar-refractivity contribution is 6.25. The van der Waals surface area contributed by atoms with Gasteiger partial charge in [-0.2, -0.15) is 13.2 Å². The summed E-state index contributed by atoms with van der Waals surface area (Å²) in [6, 6.07) is 17.9. The number of hydrogen-bond donors (Lipinski definition) is 5. The highest BCUT2D eigenvalue weighted by atomic mass is 19.4. The number of rotatable bonds is 16. The molecular formula is C49H55F3N10O7. The van der Waals surface area contributed by atoms with Gasteiger partial charge in [0.2, 0.25) is 23.3 Å². The SMILES string of the molecule is CN1CCN(c2ccc(-c3cccc(CN4CCN(CCNC(=O)CCCCNc5cccc6c5C(=O)N(C5CCC(=O)NC5=O)C6=O)CC4)c3)cc2NC(=O)c2c[nH]c(=O)cc2C(F)(F)F)CC1. The zero-order valence-corrected chi connectivity index (χ0v) is 38.3. The van der Waals surface area contributed by atoms with Crippen LogP contribution >= 0.6 is 0 Å². The highest BCUT2D eigenvalue weighted by Gasteiger charge is 2.45. The van der Waals surface area contributed by atoms with Crippen LogP contribution in [0.2, 0.25) is 0 Å². The van der Waals surface area contributed by atoms with Gasteiger partial charge in [0.15, 0.2) is 0 Å². The van der Waals surface area contributed by atoms with Gasteiger partial charge in [-0.15, -0.1) is 0 Å². The molecule has 1 atom stereocenters. The van der Waals surface area contributed by atoms with Crippen molar-refractivity contribution in [2.24, 2.45) is 0 Å². The molecule has 4 aliphatic rings. The van der Waals surface area contributed by atoms with Gasteiger partial charge in [-0.25, -0.2) is 0 Å². The van der Waals surface area contributed by atoms with Crippen molar-refractivity contribution in [2.75, 3.05) is 94.6 Å². The fraction of sp³-hybridized carbons (Fsp3) is 0.408. The van der Waals surface area contributed by atoms with Gasteiger partial charge < -0.3 is 30.7 Å². The number of hydrogen-bond acceptors (Lipinski definition) is 12. The number of fused-ring (bicyclic) bond motifs is 1. The molecule has 5 heterocycles. The molecule has 0 spiro atoms. The molecule has 0 radical (unpaired) electrons. The Morgan fingerprint density at radius 1 is 0.783 bits per heavy atom. The van der Waals surface area contributed by atoms with Crippen molar-refractivity contribution in [1.29, 1.82) is 0 Å². The number of halogens is 3. The summed E-state index contributed by atoms with van der Waals surface area (Å²) in [5, 5.41) is 11.2. The summed E-state index contributed by atoms with van der Waals surface area (Å²) in [5.74, 6) is -3.28. The lowest BCUT2D eigenvalue weighted by Crippen LogP contribution is -2.54. The molecular weight excluding hydrogens is 898 g/mol. The zero-order valence-electron chi connectivity index (χ0n) is 38.3. The molecule has 6 amide bonds. The first-order valence-corrected chi connectivity index (χ1v) is 23.2. The van der Waals surface area contributed by atoms with Gasteiger partial charge in [0.05, 0.1) is 33.6 Å². The maximum Gasteiger partial charge on any atom is 0.417 e. The first kappa shape index (κ1) is 48.6. The van der Waals surface area contributed by atoms with Crippen molar-refractivity contribution in [2.45, 2.75) is 50.9 Å². The van der Waals surface area contributed by atoms with Gasteiger partial charge in [-0.1, -0.05) is 30.3 Å². The Hall–Kier alpha value is -6.90. The average Bonchev–Trinajstić information content (AvgIpc) is 3.58. The van der Waals surface area contributed by atoms with Crippen LogP contribution in [0.3, 0.4) is 0 Å². The van der Waals surface area contributed by atoms with Crippen molar-refractivity contribution in [3.05, 3.63) is 111 Å². The third kappa shape index (κ3) is 11.5. The maximum atomic E-state index is 13.9. The summed E-state index contributed by atoms with van der Waals surface area (Å²) in [5.41, 5.74) is 1.71. The summed E-state index contributed by atoms with van der Waals surface area (Å²) in [6.07, 6.45) is -2.42. The second kappa shape index (κ2) is 21.2. The Labute approximate surface area is 396 Å². The van der Waals surface area contributed by atoms with Crippen molar-refractivity contribution in [3.8, 4) is 11.1 Å². The number of aromatic nitrogens is 1. The van der Waals surface area contributed by atoms with Crippen LogP contribution in [-0.2, 0) is 27.1 Å². The largest absolute Gasteiger partial charge is 0.417 e. The van der Waals surface area contributed by atoms with Gasteiger partial charge in [-0.3, -0.25) is 53.6 Å². The molecule has 17 nitrogen and oxygen atoms in total. The number of aromatic amines is 1. The Morgan fingerprint density at radius 3 is 2.28 bits per heavy atom. The number of likely N-dealkylation sites (N-methyl/N-ethyl adjacent to an activating group) is 1. The number of unbranched alkanes of at least 4 members (excludes halogenated alkanes) is 1. The van der Waals surface area contributed by atoms with Crippen molar-refractivity contribution < 1.29 is 41.9 Å². The first-order chi connectivity index (χ1) is 33.1. The number of piperazine rings is 2. The monoisotopic (exact) mass is 952 g/mol. The molecule has 1 aromatic heterocycles. The van der Waals surface area contributed by atoms with Crippen LogP contribution in [0.15, 0.2) is 77.7 Å². The average molecular weight is 953 g/mol. The van der Waals surface area contributed by atoms with Crippen LogP contribution in [0.4, 0.5) is 30.2 Å². The van der Waals surface area contributed by atoms with E-state index in [0.29, 0.717) is 81.7 Å². The predicted molar refractivity (Wildman–Crippen MR) is 252 cm³/mol. The molecule has 1 unspecified atom stereocenters. The number of piperidine rings is 1. The van der Waals surface area contributed by atoms with Crippen molar-refractivity contribution >= 4 is 52.5 Å². The van der Waals surface area contributed by atoms with E-state index in [2.05, 4.69) is 51.9 Å². The second-order valence-corrected chi connectivity index (χ2v) is 17.8. The van der Waals surface area contributed by atoms with Crippen LogP contribution in [0, 0.1) is 0 Å². The molecule has 20 heteroatoms. The van der Waals surface area contributed by atoms with Gasteiger partial charge in [0, 0.05) is 109 Å². The molecule has 0 saturated carbocycles. The number of benzene rings is 3. The number of carbonyl (C=O) groups excluding carboxylic acids is 6. The number of nitrogens with zero attached hydrogens (tertiary/aromatic N) is 5. The van der Waals surface area contributed by atoms with Gasteiger partial charge in [0.25, 0.3) is 17.7 Å². The Bertz CT molecular complexity index is 2680. The fourth-order valence-electron chi connectivity index (χ4n) is 9.24. The lowest BCUT2D eigenvalue weighted by Gasteiger charge is -2.35. The quantitative estimate of drug-likeness (QED) is 0.0802. The van der Waals surface area contributed by atoms with E-state index in [0.717, 1.165) is 67.1 Å². The second-order valence-electron chi connectivity index (χ2n) is 17.8. The predicted octanol–water partition coefficient (Wildman–Crippen LogP) is 3.98. The molecule has 3 fully saturated rings. The Morgan fingerprint density at radius 2 is 1.52 bits per heavy atom. The maximum absolute atomic E-state index is 13.9. The molecule has 8 rings (SSSR count). The zero-order chi connectivity index (χ0) is 48.8. The van der Waals surface area contributed by atoms with E-state index >= 15 is 0 Å². The van der Waals surface area contributed by atoms with E-state index in [1.807, 2.05) is 37.4 Å². The molecule has 5 N–H and O–H groups in total. The minimum atomic E-state index is -4.91. The van der Waals surface area contributed by atoms with E-state index in [1.165, 1.54) is 0 Å². The van der Waals surface area contributed by atoms with Crippen LogP contribution in [-0.4, -0.2) is 145 Å². The third-order valence-electron chi connectivity index (χ3n) is 13.1.